The Hall–Kier alpha value is -3.60. The van der Waals surface area contributed by atoms with Crippen LogP contribution in [0.1, 0.15) is 38.3 Å². The number of halogens is 1. The number of hydrogen-bond acceptors (Lipinski definition) is 8. The molecule has 216 valence electrons. The van der Waals surface area contributed by atoms with Gasteiger partial charge in [-0.2, -0.15) is 0 Å². The third-order valence-electron chi connectivity index (χ3n) is 6.58. The van der Waals surface area contributed by atoms with Crippen LogP contribution in [-0.2, 0) is 22.4 Å². The Morgan fingerprint density at radius 2 is 1.90 bits per heavy atom. The molecular weight excluding hydrogens is 543 g/mol. The number of aryl methyl sites for hydroxylation is 1. The Bertz CT molecular complexity index is 1520. The number of rotatable bonds is 9. The number of ether oxygens (including phenoxy) is 3. The van der Waals surface area contributed by atoms with Gasteiger partial charge >= 0.3 is 6.09 Å². The fourth-order valence-electron chi connectivity index (χ4n) is 4.74. The van der Waals surface area contributed by atoms with Gasteiger partial charge in [0.2, 0.25) is 0 Å². The Kier molecular flexibility index (Phi) is 9.12. The number of carbonyl (C=O) groups is 1. The number of alkyl carbamates (subject to hydrolysis) is 1. The van der Waals surface area contributed by atoms with Gasteiger partial charge in [-0.15, -0.1) is 21.5 Å². The lowest BCUT2D eigenvalue weighted by atomic mass is 9.98. The van der Waals surface area contributed by atoms with Crippen LogP contribution in [0.15, 0.2) is 47.8 Å². The largest absolute Gasteiger partial charge is 0.490 e. The van der Waals surface area contributed by atoms with Gasteiger partial charge in [-0.25, -0.2) is 9.18 Å². The molecule has 0 spiro atoms. The van der Waals surface area contributed by atoms with Gasteiger partial charge in [-0.05, 0) is 80.9 Å². The molecule has 8 nitrogen and oxygen atoms in total. The number of nitrogens with one attached hydrogen (secondary N) is 2. The highest BCUT2D eigenvalue weighted by atomic mass is 32.1. The van der Waals surface area contributed by atoms with E-state index in [4.69, 9.17) is 14.2 Å². The summed E-state index contributed by atoms with van der Waals surface area (Å²) >= 11 is 1.57. The van der Waals surface area contributed by atoms with Gasteiger partial charge in [-0.1, -0.05) is 12.1 Å². The number of fused-ring (bicyclic) bond motifs is 2. The molecule has 1 aliphatic heterocycles. The average Bonchev–Trinajstić information content (AvgIpc) is 3.30. The normalized spacial score (nSPS) is 13.5. The van der Waals surface area contributed by atoms with Crippen molar-refractivity contribution in [2.75, 3.05) is 32.9 Å². The molecule has 3 heterocycles. The predicted octanol–water partition coefficient (Wildman–Crippen LogP) is 6.12. The lowest BCUT2D eigenvalue weighted by Crippen LogP contribution is -2.34. The maximum absolute atomic E-state index is 14.2. The van der Waals surface area contributed by atoms with E-state index in [1.807, 2.05) is 5.38 Å². The molecule has 2 aromatic heterocycles. The van der Waals surface area contributed by atoms with Crippen molar-refractivity contribution >= 4 is 27.5 Å². The van der Waals surface area contributed by atoms with Gasteiger partial charge in [0.25, 0.3) is 0 Å². The van der Waals surface area contributed by atoms with Crippen molar-refractivity contribution in [1.82, 2.24) is 20.8 Å². The zero-order valence-corrected chi connectivity index (χ0v) is 24.4. The molecule has 0 radical (unpaired) electrons. The van der Waals surface area contributed by atoms with Crippen LogP contribution in [-0.4, -0.2) is 54.8 Å². The Morgan fingerprint density at radius 1 is 1.05 bits per heavy atom. The topological polar surface area (TPSA) is 94.6 Å². The predicted molar refractivity (Wildman–Crippen MR) is 159 cm³/mol. The van der Waals surface area contributed by atoms with E-state index in [2.05, 4.69) is 45.1 Å². The molecule has 0 unspecified atom stereocenters. The van der Waals surface area contributed by atoms with E-state index in [9.17, 15) is 9.18 Å². The van der Waals surface area contributed by atoms with E-state index >= 15 is 0 Å². The van der Waals surface area contributed by atoms with Crippen LogP contribution in [0.5, 0.6) is 5.75 Å². The Balaban J connectivity index is 1.27. The molecule has 5 rings (SSSR count). The number of amides is 1. The summed E-state index contributed by atoms with van der Waals surface area (Å²) in [6.07, 6.45) is 1.71. The van der Waals surface area contributed by atoms with Gasteiger partial charge in [0.15, 0.2) is 0 Å². The van der Waals surface area contributed by atoms with Crippen LogP contribution < -0.4 is 15.4 Å². The van der Waals surface area contributed by atoms with Crippen LogP contribution in [0.25, 0.3) is 32.6 Å². The average molecular weight is 579 g/mol. The second-order valence-electron chi connectivity index (χ2n) is 10.9. The summed E-state index contributed by atoms with van der Waals surface area (Å²) in [4.78, 5) is 11.7. The van der Waals surface area contributed by atoms with E-state index in [1.54, 1.807) is 38.2 Å². The van der Waals surface area contributed by atoms with Crippen molar-refractivity contribution < 1.29 is 23.4 Å². The molecule has 0 saturated heterocycles. The first-order valence-corrected chi connectivity index (χ1v) is 14.7. The van der Waals surface area contributed by atoms with Crippen molar-refractivity contribution in [2.45, 2.75) is 45.8 Å². The minimum atomic E-state index is -0.556. The van der Waals surface area contributed by atoms with Gasteiger partial charge in [0, 0.05) is 35.7 Å². The SMILES string of the molecule is CC(C)(C)OC(=O)NCCOCCOc1cc(F)ccc1-c1nnc(-c2ccc3c(c2)CNCCC3)c2ccsc12. The van der Waals surface area contributed by atoms with E-state index in [1.165, 1.54) is 23.3 Å². The van der Waals surface area contributed by atoms with Crippen molar-refractivity contribution in [2.24, 2.45) is 0 Å². The number of benzene rings is 2. The number of nitrogens with zero attached hydrogens (tertiary/aromatic N) is 2. The van der Waals surface area contributed by atoms with E-state index in [0.29, 0.717) is 30.2 Å². The lowest BCUT2D eigenvalue weighted by molar-refractivity contribution is 0.0489. The first-order chi connectivity index (χ1) is 19.8. The van der Waals surface area contributed by atoms with E-state index < -0.39 is 17.5 Å². The molecule has 4 aromatic rings. The number of aromatic nitrogens is 2. The summed E-state index contributed by atoms with van der Waals surface area (Å²) in [5, 5.41) is 18.4. The van der Waals surface area contributed by atoms with E-state index in [0.717, 1.165) is 47.3 Å². The van der Waals surface area contributed by atoms with Gasteiger partial charge in [0.1, 0.15) is 35.2 Å². The van der Waals surface area contributed by atoms with Crippen molar-refractivity contribution in [1.29, 1.82) is 0 Å². The maximum Gasteiger partial charge on any atom is 0.407 e. The summed E-state index contributed by atoms with van der Waals surface area (Å²) in [5.74, 6) is -0.0369. The summed E-state index contributed by atoms with van der Waals surface area (Å²) in [7, 11) is 0. The number of carbonyl (C=O) groups excluding carboxylic acids is 1. The third-order valence-corrected chi connectivity index (χ3v) is 7.50. The highest BCUT2D eigenvalue weighted by molar-refractivity contribution is 7.17. The van der Waals surface area contributed by atoms with Gasteiger partial charge in [0.05, 0.1) is 17.9 Å². The molecular formula is C31H35FN4O4S. The number of thiophene rings is 1. The van der Waals surface area contributed by atoms with Crippen LogP contribution in [0.4, 0.5) is 9.18 Å². The highest BCUT2D eigenvalue weighted by Gasteiger charge is 2.19. The number of hydrogen-bond donors (Lipinski definition) is 2. The fraction of sp³-hybridized carbons (Fsp3) is 0.387. The smallest absolute Gasteiger partial charge is 0.407 e. The van der Waals surface area contributed by atoms with Crippen LogP contribution in [0, 0.1) is 5.82 Å². The zero-order valence-electron chi connectivity index (χ0n) is 23.6. The molecule has 2 N–H and O–H groups in total. The minimum Gasteiger partial charge on any atom is -0.490 e. The molecule has 0 fully saturated rings. The Labute approximate surface area is 243 Å². The summed E-state index contributed by atoms with van der Waals surface area (Å²) in [6.45, 7) is 8.34. The zero-order chi connectivity index (χ0) is 28.8. The monoisotopic (exact) mass is 578 g/mol. The molecule has 0 bridgehead atoms. The minimum absolute atomic E-state index is 0.200. The van der Waals surface area contributed by atoms with Crippen molar-refractivity contribution in [3.63, 3.8) is 0 Å². The second kappa shape index (κ2) is 12.9. The highest BCUT2D eigenvalue weighted by Crippen LogP contribution is 2.39. The van der Waals surface area contributed by atoms with Crippen LogP contribution in [0.3, 0.4) is 0 Å². The molecule has 1 aliphatic rings. The van der Waals surface area contributed by atoms with E-state index in [-0.39, 0.29) is 13.2 Å². The third kappa shape index (κ3) is 7.38. The lowest BCUT2D eigenvalue weighted by Gasteiger charge is -2.19. The van der Waals surface area contributed by atoms with Crippen LogP contribution >= 0.6 is 11.3 Å². The van der Waals surface area contributed by atoms with Crippen LogP contribution in [0.2, 0.25) is 0 Å². The molecule has 2 aromatic carbocycles. The summed E-state index contributed by atoms with van der Waals surface area (Å²) < 4.78 is 31.9. The van der Waals surface area contributed by atoms with Gasteiger partial charge < -0.3 is 24.8 Å². The molecule has 10 heteroatoms. The summed E-state index contributed by atoms with van der Waals surface area (Å²) in [5.41, 5.74) is 5.29. The van der Waals surface area contributed by atoms with Crippen molar-refractivity contribution in [3.8, 4) is 28.3 Å². The molecule has 41 heavy (non-hydrogen) atoms. The quantitative estimate of drug-likeness (QED) is 0.231. The molecule has 1 amide bonds. The standard InChI is InChI=1S/C31H35FN4O4S/c1-31(2,3)40-30(37)34-12-13-38-14-15-39-26-18-23(32)8-9-24(26)28-29-25(10-16-41-29)27(35-36-28)21-7-6-20-5-4-11-33-19-22(20)17-21/h6-10,16-18,33H,4-5,11-15,19H2,1-3H3,(H,34,37). The summed E-state index contributed by atoms with van der Waals surface area (Å²) in [6, 6.07) is 13.0. The van der Waals surface area contributed by atoms with Crippen molar-refractivity contribution in [3.05, 3.63) is 64.8 Å². The second-order valence-corrected chi connectivity index (χ2v) is 11.8. The Morgan fingerprint density at radius 3 is 2.76 bits per heavy atom. The maximum atomic E-state index is 14.2. The van der Waals surface area contributed by atoms with Gasteiger partial charge in [-0.3, -0.25) is 0 Å². The fourth-order valence-corrected chi connectivity index (χ4v) is 5.63. The first kappa shape index (κ1) is 28.9. The molecule has 0 atom stereocenters. The molecule has 0 saturated carbocycles. The molecule has 0 aliphatic carbocycles. The first-order valence-electron chi connectivity index (χ1n) is 13.8.